The molecule has 0 bridgehead atoms. The van der Waals surface area contributed by atoms with Gasteiger partial charge in [0.2, 0.25) is 0 Å². The predicted octanol–water partition coefficient (Wildman–Crippen LogP) is 0.695. The van der Waals surface area contributed by atoms with Crippen LogP contribution in [-0.2, 0) is 14.9 Å². The minimum Gasteiger partial charge on any atom is -0.479 e. The van der Waals surface area contributed by atoms with E-state index in [1.807, 2.05) is 0 Å². The van der Waals surface area contributed by atoms with Crippen molar-refractivity contribution in [1.82, 2.24) is 10.2 Å². The summed E-state index contributed by atoms with van der Waals surface area (Å²) >= 11 is 0. The van der Waals surface area contributed by atoms with E-state index < -0.39 is 22.4 Å². The number of nitrogens with one attached hydrogen (secondary N) is 1. The van der Waals surface area contributed by atoms with Crippen molar-refractivity contribution in [1.29, 1.82) is 0 Å². The third kappa shape index (κ3) is 2.41. The molecule has 0 saturated heterocycles. The Morgan fingerprint density at radius 3 is 2.65 bits per heavy atom. The van der Waals surface area contributed by atoms with Gasteiger partial charge in [-0.3, -0.25) is 0 Å². The molecule has 0 fully saturated rings. The smallest absolute Gasteiger partial charge is 0.342 e. The van der Waals surface area contributed by atoms with E-state index in [0.717, 1.165) is 0 Å². The van der Waals surface area contributed by atoms with Crippen LogP contribution in [0.2, 0.25) is 0 Å². The van der Waals surface area contributed by atoms with Crippen molar-refractivity contribution in [3.05, 3.63) is 21.9 Å². The molecule has 0 aromatic carbocycles. The van der Waals surface area contributed by atoms with Gasteiger partial charge < -0.3 is 20.0 Å². The van der Waals surface area contributed by atoms with E-state index in [1.165, 1.54) is 13.2 Å². The third-order valence-corrected chi connectivity index (χ3v) is 2.54. The number of hydrogen-bond acceptors (Lipinski definition) is 5. The van der Waals surface area contributed by atoms with Crippen LogP contribution in [0, 0.1) is 10.1 Å². The highest BCUT2D eigenvalue weighted by Crippen LogP contribution is 2.29. The Balaban J connectivity index is 3.10. The van der Waals surface area contributed by atoms with Gasteiger partial charge in [0.25, 0.3) is 0 Å². The van der Waals surface area contributed by atoms with Gasteiger partial charge in [0.05, 0.1) is 6.07 Å². The molecule has 1 rings (SSSR count). The number of carboxylic acid groups (broad SMARTS) is 1. The normalized spacial score (nSPS) is 13.4. The maximum Gasteiger partial charge on any atom is 0.342 e. The molecule has 1 atom stereocenters. The number of methoxy groups -OCH3 is 1. The van der Waals surface area contributed by atoms with Crippen molar-refractivity contribution < 1.29 is 19.6 Å². The van der Waals surface area contributed by atoms with Crippen molar-refractivity contribution >= 4 is 11.8 Å². The van der Waals surface area contributed by atoms with E-state index in [0.29, 0.717) is 0 Å². The molecular formula is C9H13N3O5. The number of aliphatic carboxylic acids is 1. The molecule has 17 heavy (non-hydrogen) atoms. The molecule has 1 aromatic rings. The van der Waals surface area contributed by atoms with Crippen LogP contribution in [0.5, 0.6) is 0 Å². The number of ether oxygens (including phenoxy) is 1. The molecule has 8 nitrogen and oxygen atoms in total. The van der Waals surface area contributed by atoms with E-state index in [2.05, 4.69) is 10.2 Å². The molecule has 0 aliphatic heterocycles. The van der Waals surface area contributed by atoms with Crippen molar-refractivity contribution in [3.8, 4) is 0 Å². The van der Waals surface area contributed by atoms with E-state index in [1.54, 1.807) is 13.8 Å². The highest BCUT2D eigenvalue weighted by Gasteiger charge is 2.40. The Kier molecular flexibility index (Phi) is 3.47. The van der Waals surface area contributed by atoms with Gasteiger partial charge in [0.1, 0.15) is 5.69 Å². The summed E-state index contributed by atoms with van der Waals surface area (Å²) in [7, 11) is 1.27. The summed E-state index contributed by atoms with van der Waals surface area (Å²) in [4.78, 5) is 20.9. The van der Waals surface area contributed by atoms with Crippen LogP contribution in [0.3, 0.4) is 0 Å². The number of carboxylic acids is 1. The number of H-pyrrole nitrogens is 1. The number of carbonyl (C=O) groups is 1. The second kappa shape index (κ2) is 4.50. The van der Waals surface area contributed by atoms with Crippen molar-refractivity contribution in [3.63, 3.8) is 0 Å². The lowest BCUT2D eigenvalue weighted by molar-refractivity contribution is -0.389. The van der Waals surface area contributed by atoms with Crippen molar-refractivity contribution in [2.75, 3.05) is 7.11 Å². The summed E-state index contributed by atoms with van der Waals surface area (Å²) in [5, 5.41) is 25.5. The zero-order valence-corrected chi connectivity index (χ0v) is 9.63. The van der Waals surface area contributed by atoms with Crippen LogP contribution in [0.4, 0.5) is 5.82 Å². The first-order valence-electron chi connectivity index (χ1n) is 4.76. The molecule has 2 N–H and O–H groups in total. The fourth-order valence-electron chi connectivity index (χ4n) is 1.57. The maximum atomic E-state index is 11.0. The highest BCUT2D eigenvalue weighted by atomic mass is 16.6. The summed E-state index contributed by atoms with van der Waals surface area (Å²) < 4.78 is 4.88. The lowest BCUT2D eigenvalue weighted by Gasteiger charge is -2.27. The Morgan fingerprint density at radius 2 is 2.29 bits per heavy atom. The van der Waals surface area contributed by atoms with Crippen molar-refractivity contribution in [2.45, 2.75) is 25.4 Å². The standard InChI is InChI=1S/C9H13N3O5/c1-9(2,7(17-3)8(13)14)5-4-6(11-10-5)12(15)16/h4,7H,1-3H3,(H,10,11)(H,13,14). The Bertz CT molecular complexity index is 440. The average molecular weight is 243 g/mol. The maximum absolute atomic E-state index is 11.0. The molecule has 8 heteroatoms. The quantitative estimate of drug-likeness (QED) is 0.580. The van der Waals surface area contributed by atoms with Crippen LogP contribution in [0.1, 0.15) is 19.5 Å². The Morgan fingerprint density at radius 1 is 1.71 bits per heavy atom. The van der Waals surface area contributed by atoms with Gasteiger partial charge in [-0.1, -0.05) is 18.9 Å². The summed E-state index contributed by atoms with van der Waals surface area (Å²) in [5.74, 6) is -1.43. The molecule has 0 amide bonds. The number of hydrogen-bond donors (Lipinski definition) is 2. The number of rotatable bonds is 5. The molecule has 0 aliphatic rings. The summed E-state index contributed by atoms with van der Waals surface area (Å²) in [5.41, 5.74) is -0.718. The van der Waals surface area contributed by atoms with Crippen LogP contribution >= 0.6 is 0 Å². The number of nitro groups is 1. The van der Waals surface area contributed by atoms with Crippen LogP contribution in [0.25, 0.3) is 0 Å². The molecular weight excluding hydrogens is 230 g/mol. The Labute approximate surface area is 96.7 Å². The van der Waals surface area contributed by atoms with Gasteiger partial charge in [-0.25, -0.2) is 4.79 Å². The highest BCUT2D eigenvalue weighted by molar-refractivity contribution is 5.74. The van der Waals surface area contributed by atoms with Gasteiger partial charge in [0, 0.05) is 12.5 Å². The minimum absolute atomic E-state index is 0.262. The molecule has 0 spiro atoms. The third-order valence-electron chi connectivity index (χ3n) is 2.54. The second-order valence-corrected chi connectivity index (χ2v) is 4.07. The van der Waals surface area contributed by atoms with Crippen LogP contribution in [-0.4, -0.2) is 39.4 Å². The number of aromatic nitrogens is 2. The van der Waals surface area contributed by atoms with Gasteiger partial charge in [-0.15, -0.1) is 5.10 Å². The second-order valence-electron chi connectivity index (χ2n) is 4.07. The topological polar surface area (TPSA) is 118 Å². The summed E-state index contributed by atoms with van der Waals surface area (Å²) in [6, 6.07) is 1.20. The molecule has 1 heterocycles. The first-order valence-corrected chi connectivity index (χ1v) is 4.76. The molecule has 1 unspecified atom stereocenters. The largest absolute Gasteiger partial charge is 0.479 e. The minimum atomic E-state index is -1.15. The fraction of sp³-hybridized carbons (Fsp3) is 0.556. The van der Waals surface area contributed by atoms with E-state index in [-0.39, 0.29) is 11.5 Å². The molecule has 0 aliphatic carbocycles. The van der Waals surface area contributed by atoms with Crippen molar-refractivity contribution in [2.24, 2.45) is 0 Å². The van der Waals surface area contributed by atoms with Gasteiger partial charge in [-0.05, 0) is 4.92 Å². The van der Waals surface area contributed by atoms with E-state index in [9.17, 15) is 14.9 Å². The fourth-order valence-corrected chi connectivity index (χ4v) is 1.57. The summed E-state index contributed by atoms with van der Waals surface area (Å²) in [6.07, 6.45) is -1.13. The first-order chi connectivity index (χ1) is 7.80. The lowest BCUT2D eigenvalue weighted by Crippen LogP contribution is -2.41. The Hall–Kier alpha value is -1.96. The number of nitrogens with zero attached hydrogens (tertiary/aromatic N) is 2. The predicted molar refractivity (Wildman–Crippen MR) is 56.7 cm³/mol. The molecule has 94 valence electrons. The lowest BCUT2D eigenvalue weighted by atomic mass is 9.83. The van der Waals surface area contributed by atoms with Crippen LogP contribution < -0.4 is 0 Å². The number of aromatic amines is 1. The molecule has 0 saturated carbocycles. The zero-order valence-electron chi connectivity index (χ0n) is 9.63. The van der Waals surface area contributed by atoms with Gasteiger partial charge >= 0.3 is 11.8 Å². The molecule has 0 radical (unpaired) electrons. The average Bonchev–Trinajstić information content (AvgIpc) is 2.66. The van der Waals surface area contributed by atoms with Gasteiger partial charge in [-0.2, -0.15) is 0 Å². The zero-order chi connectivity index (χ0) is 13.2. The molecule has 1 aromatic heterocycles. The summed E-state index contributed by atoms with van der Waals surface area (Å²) in [6.45, 7) is 3.18. The first kappa shape index (κ1) is 13.1. The van der Waals surface area contributed by atoms with E-state index >= 15 is 0 Å². The monoisotopic (exact) mass is 243 g/mol. The van der Waals surface area contributed by atoms with Crippen LogP contribution in [0.15, 0.2) is 6.07 Å². The van der Waals surface area contributed by atoms with Gasteiger partial charge in [0.15, 0.2) is 6.10 Å². The SMILES string of the molecule is COC(C(=O)O)C(C)(C)c1cc([N+](=O)[O-])[nH]n1. The van der Waals surface area contributed by atoms with E-state index in [4.69, 9.17) is 9.84 Å².